The van der Waals surface area contributed by atoms with Gasteiger partial charge < -0.3 is 10.2 Å². The fraction of sp³-hybridized carbons (Fsp3) is 0.0833. The van der Waals surface area contributed by atoms with E-state index in [0.717, 1.165) is 6.26 Å². The third kappa shape index (κ3) is 3.43. The summed E-state index contributed by atoms with van der Waals surface area (Å²) in [7, 11) is -3.20. The van der Waals surface area contributed by atoms with Gasteiger partial charge in [-0.05, 0) is 30.3 Å². The van der Waals surface area contributed by atoms with E-state index >= 15 is 0 Å². The molecule has 0 radical (unpaired) electrons. The number of hydrogen-bond donors (Lipinski definition) is 2. The molecule has 0 bridgehead atoms. The van der Waals surface area contributed by atoms with Crippen molar-refractivity contribution < 1.29 is 13.2 Å². The van der Waals surface area contributed by atoms with Gasteiger partial charge in [0.05, 0.1) is 4.90 Å². The van der Waals surface area contributed by atoms with Crippen LogP contribution in [0.1, 0.15) is 0 Å². The molecule has 0 aliphatic heterocycles. The molecule has 1 heterocycles. The molecule has 6 nitrogen and oxygen atoms in total. The molecule has 0 amide bonds. The summed E-state index contributed by atoms with van der Waals surface area (Å²) >= 11 is 0. The average Bonchev–Trinajstić information content (AvgIpc) is 2.38. The van der Waals surface area contributed by atoms with Gasteiger partial charge in [-0.1, -0.05) is 0 Å². The SMILES string of the molecule is CS(=O)(=O)c1ccc(Oc2ccnc(NN)c2)cc1. The van der Waals surface area contributed by atoms with Crippen LogP contribution < -0.4 is 16.0 Å². The highest BCUT2D eigenvalue weighted by Gasteiger charge is 2.07. The van der Waals surface area contributed by atoms with E-state index in [2.05, 4.69) is 10.4 Å². The Labute approximate surface area is 111 Å². The molecule has 100 valence electrons. The molecule has 19 heavy (non-hydrogen) atoms. The lowest BCUT2D eigenvalue weighted by Gasteiger charge is -2.07. The number of aromatic nitrogens is 1. The van der Waals surface area contributed by atoms with Gasteiger partial charge in [-0.15, -0.1) is 0 Å². The second-order valence-electron chi connectivity index (χ2n) is 3.87. The second kappa shape index (κ2) is 5.25. The van der Waals surface area contributed by atoms with E-state index in [1.54, 1.807) is 30.5 Å². The summed E-state index contributed by atoms with van der Waals surface area (Å²) in [6, 6.07) is 9.47. The smallest absolute Gasteiger partial charge is 0.175 e. The number of sulfone groups is 1. The molecule has 0 saturated heterocycles. The Balaban J connectivity index is 2.19. The molecule has 1 aromatic carbocycles. The minimum atomic E-state index is -3.20. The Hall–Kier alpha value is -2.12. The average molecular weight is 279 g/mol. The number of nitrogens with two attached hydrogens (primary N) is 1. The molecule has 0 unspecified atom stereocenters. The minimum absolute atomic E-state index is 0.249. The summed E-state index contributed by atoms with van der Waals surface area (Å²) < 4.78 is 28.2. The van der Waals surface area contributed by atoms with Gasteiger partial charge in [0.15, 0.2) is 9.84 Å². The maximum absolute atomic E-state index is 11.3. The van der Waals surface area contributed by atoms with Crippen molar-refractivity contribution in [2.75, 3.05) is 11.7 Å². The molecule has 7 heteroatoms. The number of ether oxygens (including phenoxy) is 1. The van der Waals surface area contributed by atoms with E-state index < -0.39 is 9.84 Å². The lowest BCUT2D eigenvalue weighted by atomic mass is 10.3. The predicted molar refractivity (Wildman–Crippen MR) is 71.7 cm³/mol. The van der Waals surface area contributed by atoms with Gasteiger partial charge in [-0.2, -0.15) is 0 Å². The third-order valence-electron chi connectivity index (χ3n) is 2.37. The fourth-order valence-corrected chi connectivity index (χ4v) is 2.08. The summed E-state index contributed by atoms with van der Waals surface area (Å²) in [4.78, 5) is 4.20. The molecule has 1 aromatic heterocycles. The van der Waals surface area contributed by atoms with Crippen LogP contribution in [0.15, 0.2) is 47.5 Å². The molecule has 0 atom stereocenters. The van der Waals surface area contributed by atoms with Crippen LogP contribution >= 0.6 is 0 Å². The van der Waals surface area contributed by atoms with Gasteiger partial charge in [0.25, 0.3) is 0 Å². The van der Waals surface area contributed by atoms with E-state index in [0.29, 0.717) is 17.3 Å². The van der Waals surface area contributed by atoms with Gasteiger partial charge in [0.2, 0.25) is 0 Å². The first-order chi connectivity index (χ1) is 8.99. The van der Waals surface area contributed by atoms with Crippen LogP contribution in [0.5, 0.6) is 11.5 Å². The number of anilines is 1. The molecular weight excluding hydrogens is 266 g/mol. The van der Waals surface area contributed by atoms with Gasteiger partial charge >= 0.3 is 0 Å². The normalized spacial score (nSPS) is 11.1. The molecule has 0 aliphatic carbocycles. The van der Waals surface area contributed by atoms with Crippen molar-refractivity contribution in [1.29, 1.82) is 0 Å². The molecule has 0 fully saturated rings. The number of pyridine rings is 1. The number of nitrogens with zero attached hydrogens (tertiary/aromatic N) is 1. The van der Waals surface area contributed by atoms with Crippen LogP contribution in [-0.4, -0.2) is 19.7 Å². The first-order valence-corrected chi connectivity index (χ1v) is 7.29. The number of nitrogens with one attached hydrogen (secondary N) is 1. The highest BCUT2D eigenvalue weighted by Crippen LogP contribution is 2.23. The summed E-state index contributed by atoms with van der Waals surface area (Å²) in [5, 5.41) is 0. The second-order valence-corrected chi connectivity index (χ2v) is 5.88. The summed E-state index contributed by atoms with van der Waals surface area (Å²) in [6.07, 6.45) is 2.71. The lowest BCUT2D eigenvalue weighted by Crippen LogP contribution is -2.08. The predicted octanol–water partition coefficient (Wildman–Crippen LogP) is 1.56. The van der Waals surface area contributed by atoms with Gasteiger partial charge in [0.1, 0.15) is 17.3 Å². The Kier molecular flexibility index (Phi) is 3.68. The number of nitrogen functional groups attached to an aromatic ring is 1. The molecule has 0 spiro atoms. The van der Waals surface area contributed by atoms with Crippen molar-refractivity contribution in [3.05, 3.63) is 42.6 Å². The zero-order valence-electron chi connectivity index (χ0n) is 10.2. The van der Waals surface area contributed by atoms with Gasteiger partial charge in [-0.3, -0.25) is 0 Å². The maximum Gasteiger partial charge on any atom is 0.175 e. The zero-order chi connectivity index (χ0) is 13.9. The van der Waals surface area contributed by atoms with Crippen LogP contribution in [0.4, 0.5) is 5.82 Å². The lowest BCUT2D eigenvalue weighted by molar-refractivity contribution is 0.481. The number of hydrazine groups is 1. The fourth-order valence-electron chi connectivity index (χ4n) is 1.44. The summed E-state index contributed by atoms with van der Waals surface area (Å²) in [6.45, 7) is 0. The highest BCUT2D eigenvalue weighted by atomic mass is 32.2. The zero-order valence-corrected chi connectivity index (χ0v) is 11.0. The Morgan fingerprint density at radius 1 is 1.16 bits per heavy atom. The molecular formula is C12H13N3O3S. The van der Waals surface area contributed by atoms with Crippen LogP contribution in [-0.2, 0) is 9.84 Å². The number of benzene rings is 1. The van der Waals surface area contributed by atoms with Crippen molar-refractivity contribution in [3.63, 3.8) is 0 Å². The largest absolute Gasteiger partial charge is 0.457 e. The summed E-state index contributed by atoms with van der Waals surface area (Å²) in [5.41, 5.74) is 2.41. The molecule has 0 saturated carbocycles. The van der Waals surface area contributed by atoms with Crippen molar-refractivity contribution in [2.24, 2.45) is 5.84 Å². The third-order valence-corrected chi connectivity index (χ3v) is 3.50. The maximum atomic E-state index is 11.3. The van der Waals surface area contributed by atoms with Crippen LogP contribution in [0.25, 0.3) is 0 Å². The van der Waals surface area contributed by atoms with Crippen molar-refractivity contribution in [2.45, 2.75) is 4.90 Å². The Morgan fingerprint density at radius 3 is 2.42 bits per heavy atom. The van der Waals surface area contributed by atoms with Crippen molar-refractivity contribution in [1.82, 2.24) is 4.98 Å². The number of rotatable bonds is 4. The van der Waals surface area contributed by atoms with E-state index in [9.17, 15) is 8.42 Å². The molecule has 3 N–H and O–H groups in total. The van der Waals surface area contributed by atoms with E-state index in [4.69, 9.17) is 10.6 Å². The summed E-state index contributed by atoms with van der Waals surface area (Å²) in [5.74, 6) is 6.80. The highest BCUT2D eigenvalue weighted by molar-refractivity contribution is 7.90. The molecule has 0 aliphatic rings. The van der Waals surface area contributed by atoms with E-state index in [1.165, 1.54) is 12.1 Å². The van der Waals surface area contributed by atoms with Gasteiger partial charge in [-0.25, -0.2) is 19.2 Å². The standard InChI is InChI=1S/C12H13N3O3S/c1-19(16,17)11-4-2-9(3-5-11)18-10-6-7-14-12(8-10)15-13/h2-8H,13H2,1H3,(H,14,15). The monoisotopic (exact) mass is 279 g/mol. The van der Waals surface area contributed by atoms with Crippen LogP contribution in [0.3, 0.4) is 0 Å². The Morgan fingerprint density at radius 2 is 1.84 bits per heavy atom. The Bertz CT molecular complexity index is 669. The number of hydrogen-bond acceptors (Lipinski definition) is 6. The van der Waals surface area contributed by atoms with Crippen molar-refractivity contribution >= 4 is 15.7 Å². The molecule has 2 aromatic rings. The van der Waals surface area contributed by atoms with E-state index in [-0.39, 0.29) is 4.90 Å². The topological polar surface area (TPSA) is 94.3 Å². The molecule has 2 rings (SSSR count). The van der Waals surface area contributed by atoms with Crippen LogP contribution in [0, 0.1) is 0 Å². The van der Waals surface area contributed by atoms with Gasteiger partial charge in [0, 0.05) is 18.5 Å². The first-order valence-electron chi connectivity index (χ1n) is 5.40. The minimum Gasteiger partial charge on any atom is -0.457 e. The first kappa shape index (κ1) is 13.3. The van der Waals surface area contributed by atoms with E-state index in [1.807, 2.05) is 0 Å². The van der Waals surface area contributed by atoms with Crippen LogP contribution in [0.2, 0.25) is 0 Å². The quantitative estimate of drug-likeness (QED) is 0.651. The van der Waals surface area contributed by atoms with Crippen molar-refractivity contribution in [3.8, 4) is 11.5 Å².